The summed E-state index contributed by atoms with van der Waals surface area (Å²) >= 11 is 1.24. The summed E-state index contributed by atoms with van der Waals surface area (Å²) in [6.45, 7) is 5.14. The summed E-state index contributed by atoms with van der Waals surface area (Å²) in [5, 5.41) is 1.75. The number of benzene rings is 1. The van der Waals surface area contributed by atoms with Crippen molar-refractivity contribution in [2.45, 2.75) is 33.2 Å². The number of hydrogen-bond donors (Lipinski definition) is 0. The van der Waals surface area contributed by atoms with Crippen molar-refractivity contribution in [3.8, 4) is 17.2 Å². The highest BCUT2D eigenvalue weighted by molar-refractivity contribution is 7.17. The zero-order chi connectivity index (χ0) is 22.5. The fourth-order valence-electron chi connectivity index (χ4n) is 3.53. The number of rotatable bonds is 9. The summed E-state index contributed by atoms with van der Waals surface area (Å²) in [4.78, 5) is 41.4. The van der Waals surface area contributed by atoms with Crippen molar-refractivity contribution in [3.05, 3.63) is 50.5 Å². The fraction of sp³-hybridized carbons (Fsp3) is 0.409. The molecule has 0 spiro atoms. The Labute approximate surface area is 184 Å². The summed E-state index contributed by atoms with van der Waals surface area (Å²) in [5.74, 6) is 0.755. The topological polar surface area (TPSA) is 82.8 Å². The van der Waals surface area contributed by atoms with E-state index < -0.39 is 11.2 Å². The zero-order valence-corrected chi connectivity index (χ0v) is 19.0. The van der Waals surface area contributed by atoms with E-state index in [-0.39, 0.29) is 12.5 Å². The Balaban J connectivity index is 2.19. The van der Waals surface area contributed by atoms with E-state index >= 15 is 0 Å². The van der Waals surface area contributed by atoms with E-state index in [9.17, 15) is 14.4 Å². The van der Waals surface area contributed by atoms with Crippen LogP contribution in [0, 0.1) is 0 Å². The van der Waals surface area contributed by atoms with Gasteiger partial charge in [-0.3, -0.25) is 14.2 Å². The maximum absolute atomic E-state index is 13.5. The minimum absolute atomic E-state index is 0.131. The summed E-state index contributed by atoms with van der Waals surface area (Å²) in [6, 6.07) is 6.55. The SMILES string of the molecule is CCCN(CCC)C(=O)Cn1c(=O)n(-c2cc(OC)cc(OC)c2)c(=O)c2sccc21. The third-order valence-electron chi connectivity index (χ3n) is 4.98. The molecule has 0 radical (unpaired) electrons. The highest BCUT2D eigenvalue weighted by atomic mass is 32.1. The lowest BCUT2D eigenvalue weighted by Gasteiger charge is -2.22. The third kappa shape index (κ3) is 4.51. The van der Waals surface area contributed by atoms with E-state index in [4.69, 9.17) is 9.47 Å². The molecule has 1 amide bonds. The maximum atomic E-state index is 13.5. The molecule has 0 N–H and O–H groups in total. The molecule has 0 aliphatic heterocycles. The molecule has 0 atom stereocenters. The van der Waals surface area contributed by atoms with Crippen molar-refractivity contribution in [1.29, 1.82) is 0 Å². The van der Waals surface area contributed by atoms with E-state index in [1.54, 1.807) is 34.5 Å². The number of fused-ring (bicyclic) bond motifs is 1. The van der Waals surface area contributed by atoms with Crippen LogP contribution in [0.25, 0.3) is 15.9 Å². The van der Waals surface area contributed by atoms with E-state index in [1.807, 2.05) is 13.8 Å². The van der Waals surface area contributed by atoms with Gasteiger partial charge >= 0.3 is 5.69 Å². The Bertz CT molecular complexity index is 1170. The molecule has 0 fully saturated rings. The van der Waals surface area contributed by atoms with E-state index in [1.165, 1.54) is 30.1 Å². The van der Waals surface area contributed by atoms with Crippen molar-refractivity contribution < 1.29 is 14.3 Å². The van der Waals surface area contributed by atoms with Crippen LogP contribution in [0.4, 0.5) is 0 Å². The minimum atomic E-state index is -0.576. The molecule has 3 aromatic rings. The Morgan fingerprint density at radius 3 is 2.19 bits per heavy atom. The number of nitrogens with zero attached hydrogens (tertiary/aromatic N) is 3. The highest BCUT2D eigenvalue weighted by Gasteiger charge is 2.20. The van der Waals surface area contributed by atoms with Crippen LogP contribution in [-0.2, 0) is 11.3 Å². The van der Waals surface area contributed by atoms with Crippen LogP contribution in [0.15, 0.2) is 39.2 Å². The lowest BCUT2D eigenvalue weighted by Crippen LogP contribution is -2.43. The summed E-state index contributed by atoms with van der Waals surface area (Å²) in [5.41, 5.74) is -0.227. The number of carbonyl (C=O) groups is 1. The maximum Gasteiger partial charge on any atom is 0.336 e. The molecular formula is C22H27N3O5S. The van der Waals surface area contributed by atoms with Gasteiger partial charge in [0.15, 0.2) is 0 Å². The molecule has 31 heavy (non-hydrogen) atoms. The molecule has 166 valence electrons. The number of carbonyl (C=O) groups excluding carboxylic acids is 1. The first kappa shape index (κ1) is 22.6. The van der Waals surface area contributed by atoms with Gasteiger partial charge in [0.25, 0.3) is 5.56 Å². The smallest absolute Gasteiger partial charge is 0.336 e. The predicted molar refractivity (Wildman–Crippen MR) is 122 cm³/mol. The first-order valence-electron chi connectivity index (χ1n) is 10.2. The Kier molecular flexibility index (Phi) is 7.17. The molecule has 2 heterocycles. The van der Waals surface area contributed by atoms with Crippen molar-refractivity contribution in [2.24, 2.45) is 0 Å². The van der Waals surface area contributed by atoms with Gasteiger partial charge < -0.3 is 14.4 Å². The Hall–Kier alpha value is -3.07. The van der Waals surface area contributed by atoms with Crippen LogP contribution >= 0.6 is 11.3 Å². The normalized spacial score (nSPS) is 11.0. The molecule has 0 saturated heterocycles. The number of aromatic nitrogens is 2. The monoisotopic (exact) mass is 445 g/mol. The third-order valence-corrected chi connectivity index (χ3v) is 5.87. The van der Waals surface area contributed by atoms with Crippen molar-refractivity contribution in [3.63, 3.8) is 0 Å². The van der Waals surface area contributed by atoms with Gasteiger partial charge in [0.2, 0.25) is 5.91 Å². The van der Waals surface area contributed by atoms with Crippen LogP contribution in [-0.4, -0.2) is 47.3 Å². The molecule has 0 bridgehead atoms. The van der Waals surface area contributed by atoms with Gasteiger partial charge in [-0.15, -0.1) is 11.3 Å². The highest BCUT2D eigenvalue weighted by Crippen LogP contribution is 2.24. The van der Waals surface area contributed by atoms with E-state index in [0.29, 0.717) is 40.5 Å². The van der Waals surface area contributed by atoms with Gasteiger partial charge in [0.1, 0.15) is 22.7 Å². The van der Waals surface area contributed by atoms with Crippen LogP contribution in [0.3, 0.4) is 0 Å². The van der Waals surface area contributed by atoms with Gasteiger partial charge in [-0.2, -0.15) is 0 Å². The summed E-state index contributed by atoms with van der Waals surface area (Å²) < 4.78 is 13.4. The number of hydrogen-bond acceptors (Lipinski definition) is 6. The Morgan fingerprint density at radius 2 is 1.65 bits per heavy atom. The first-order valence-corrected chi connectivity index (χ1v) is 11.1. The lowest BCUT2D eigenvalue weighted by molar-refractivity contribution is -0.131. The lowest BCUT2D eigenvalue weighted by atomic mass is 10.2. The molecular weight excluding hydrogens is 418 g/mol. The fourth-order valence-corrected chi connectivity index (χ4v) is 4.35. The average molecular weight is 446 g/mol. The van der Waals surface area contributed by atoms with Gasteiger partial charge in [-0.05, 0) is 24.3 Å². The summed E-state index contributed by atoms with van der Waals surface area (Å²) in [7, 11) is 2.99. The molecule has 8 nitrogen and oxygen atoms in total. The Morgan fingerprint density at radius 1 is 1.03 bits per heavy atom. The minimum Gasteiger partial charge on any atom is -0.497 e. The van der Waals surface area contributed by atoms with Gasteiger partial charge in [-0.1, -0.05) is 13.8 Å². The average Bonchev–Trinajstić information content (AvgIpc) is 3.26. The first-order chi connectivity index (χ1) is 14.9. The number of methoxy groups -OCH3 is 2. The number of amides is 1. The summed E-state index contributed by atoms with van der Waals surface area (Å²) in [6.07, 6.45) is 1.66. The van der Waals surface area contributed by atoms with Crippen LogP contribution < -0.4 is 20.7 Å². The van der Waals surface area contributed by atoms with E-state index in [2.05, 4.69) is 0 Å². The largest absolute Gasteiger partial charge is 0.497 e. The van der Waals surface area contributed by atoms with E-state index in [0.717, 1.165) is 17.4 Å². The second kappa shape index (κ2) is 9.82. The van der Waals surface area contributed by atoms with Crippen molar-refractivity contribution in [2.75, 3.05) is 27.3 Å². The molecule has 0 unspecified atom stereocenters. The van der Waals surface area contributed by atoms with Crippen LogP contribution in [0.5, 0.6) is 11.5 Å². The van der Waals surface area contributed by atoms with Gasteiger partial charge in [-0.25, -0.2) is 9.36 Å². The number of ether oxygens (including phenoxy) is 2. The predicted octanol–water partition coefficient (Wildman–Crippen LogP) is 2.88. The van der Waals surface area contributed by atoms with Crippen LogP contribution in [0.2, 0.25) is 0 Å². The van der Waals surface area contributed by atoms with Crippen molar-refractivity contribution >= 4 is 27.5 Å². The standard InChI is InChI=1S/C22H27N3O5S/c1-5-8-23(9-6-2)19(26)14-24-18-7-10-31-20(18)21(27)25(22(24)28)15-11-16(29-3)13-17(12-15)30-4/h7,10-13H,5-6,8-9,14H2,1-4H3. The molecule has 0 aliphatic carbocycles. The molecule has 2 aromatic heterocycles. The zero-order valence-electron chi connectivity index (χ0n) is 18.2. The quantitative estimate of drug-likeness (QED) is 0.506. The number of thiophene rings is 1. The molecule has 9 heteroatoms. The molecule has 1 aromatic carbocycles. The second-order valence-electron chi connectivity index (χ2n) is 7.10. The molecule has 3 rings (SSSR count). The van der Waals surface area contributed by atoms with Gasteiger partial charge in [0.05, 0.1) is 25.4 Å². The van der Waals surface area contributed by atoms with Crippen LogP contribution in [0.1, 0.15) is 26.7 Å². The molecule has 0 aliphatic rings. The molecule has 0 saturated carbocycles. The van der Waals surface area contributed by atoms with Crippen molar-refractivity contribution in [1.82, 2.24) is 14.0 Å². The van der Waals surface area contributed by atoms with Gasteiger partial charge in [0, 0.05) is 31.3 Å². The second-order valence-corrected chi connectivity index (χ2v) is 8.01.